The Hall–Kier alpha value is -9.65. The molecule has 0 aliphatic carbocycles. The minimum absolute atomic E-state index is 0.567. The van der Waals surface area contributed by atoms with Crippen LogP contribution in [0.2, 0.25) is 0 Å². The number of benzene rings is 11. The average Bonchev–Trinajstić information content (AvgIpc) is 4.09. The Morgan fingerprint density at radius 1 is 0.310 bits per heavy atom. The van der Waals surface area contributed by atoms with E-state index in [-0.39, 0.29) is 0 Å². The second-order valence-corrected chi connectivity index (χ2v) is 18.3. The molecule has 0 N–H and O–H groups in total. The van der Waals surface area contributed by atoms with Gasteiger partial charge in [-0.15, -0.1) is 0 Å². The summed E-state index contributed by atoms with van der Waals surface area (Å²) in [6, 6.07) is 83.9. The molecular formula is C65H39N5O. The summed E-state index contributed by atoms with van der Waals surface area (Å²) in [5, 5.41) is 11.4. The number of rotatable bonds is 6. The molecule has 0 atom stereocenters. The highest BCUT2D eigenvalue weighted by Gasteiger charge is 2.25. The number of para-hydroxylation sites is 5. The van der Waals surface area contributed by atoms with E-state index in [0.717, 1.165) is 105 Å². The van der Waals surface area contributed by atoms with Crippen LogP contribution in [0.25, 0.3) is 144 Å². The molecule has 11 aromatic carbocycles. The molecule has 0 fully saturated rings. The maximum atomic E-state index is 6.75. The highest BCUT2D eigenvalue weighted by Crippen LogP contribution is 2.47. The average molecular weight is 906 g/mol. The summed E-state index contributed by atoms with van der Waals surface area (Å²) in [5.74, 6) is 1.74. The highest BCUT2D eigenvalue weighted by molar-refractivity contribution is 6.22. The number of hydrogen-bond donors (Lipinski definition) is 0. The second-order valence-electron chi connectivity index (χ2n) is 18.3. The van der Waals surface area contributed by atoms with Crippen molar-refractivity contribution < 1.29 is 4.42 Å². The van der Waals surface area contributed by atoms with E-state index in [1.165, 1.54) is 21.5 Å². The van der Waals surface area contributed by atoms with E-state index in [4.69, 9.17) is 19.4 Å². The lowest BCUT2D eigenvalue weighted by Crippen LogP contribution is -2.03. The Labute approximate surface area is 407 Å². The van der Waals surface area contributed by atoms with Gasteiger partial charge in [-0.2, -0.15) is 0 Å². The quantitative estimate of drug-likeness (QED) is 0.167. The van der Waals surface area contributed by atoms with Gasteiger partial charge in [-0.1, -0.05) is 164 Å². The van der Waals surface area contributed by atoms with Crippen molar-refractivity contribution >= 4 is 87.1 Å². The first-order valence-electron chi connectivity index (χ1n) is 24.0. The van der Waals surface area contributed by atoms with E-state index in [1.807, 2.05) is 24.3 Å². The van der Waals surface area contributed by atoms with E-state index >= 15 is 0 Å². The fourth-order valence-electron chi connectivity index (χ4n) is 11.2. The molecule has 15 aromatic rings. The Balaban J connectivity index is 1.07. The lowest BCUT2D eigenvalue weighted by molar-refractivity contribution is 0.669. The van der Waals surface area contributed by atoms with Crippen LogP contribution in [0.3, 0.4) is 0 Å². The standard InChI is InChI=1S/C65H39N5O/c1-3-18-40(19-4-1)63-66-64(68-65(67-63)52-30-17-29-49-47-26-11-15-32-56(47)70(62(49)52)44-23-5-2-6-24-44)50-35-34-45(69-55-31-14-12-27-48(55)53-36-41-20-7-8-21-42(41)37-57(53)69)39-54(50)60-46-25-10-9-22-43(46)38-59-61(60)51-28-13-16-33-58(51)71-59/h1-39H. The molecule has 0 unspecified atom stereocenters. The zero-order valence-electron chi connectivity index (χ0n) is 38.2. The molecule has 6 nitrogen and oxygen atoms in total. The van der Waals surface area contributed by atoms with Crippen molar-refractivity contribution in [1.82, 2.24) is 24.1 Å². The number of hydrogen-bond acceptors (Lipinski definition) is 4. The largest absolute Gasteiger partial charge is 0.456 e. The van der Waals surface area contributed by atoms with Crippen LogP contribution in [0.15, 0.2) is 241 Å². The van der Waals surface area contributed by atoms with Crippen LogP contribution in [0.1, 0.15) is 0 Å². The van der Waals surface area contributed by atoms with Gasteiger partial charge in [0.25, 0.3) is 0 Å². The molecule has 4 heterocycles. The summed E-state index contributed by atoms with van der Waals surface area (Å²) in [7, 11) is 0. The fourth-order valence-corrected chi connectivity index (χ4v) is 11.2. The summed E-state index contributed by atoms with van der Waals surface area (Å²) >= 11 is 0. The van der Waals surface area contributed by atoms with Gasteiger partial charge >= 0.3 is 0 Å². The van der Waals surface area contributed by atoms with Crippen LogP contribution >= 0.6 is 0 Å². The minimum Gasteiger partial charge on any atom is -0.456 e. The molecular weight excluding hydrogens is 867 g/mol. The van der Waals surface area contributed by atoms with Gasteiger partial charge in [0, 0.05) is 65.9 Å². The first-order chi connectivity index (χ1) is 35.2. The van der Waals surface area contributed by atoms with Gasteiger partial charge in [0.15, 0.2) is 17.5 Å². The molecule has 71 heavy (non-hydrogen) atoms. The van der Waals surface area contributed by atoms with Crippen LogP contribution in [0.4, 0.5) is 0 Å². The maximum absolute atomic E-state index is 6.75. The Kier molecular flexibility index (Phi) is 8.56. The molecule has 0 amide bonds. The van der Waals surface area contributed by atoms with Crippen molar-refractivity contribution in [2.24, 2.45) is 0 Å². The van der Waals surface area contributed by atoms with Gasteiger partial charge in [-0.25, -0.2) is 15.0 Å². The molecule has 0 radical (unpaired) electrons. The third kappa shape index (κ3) is 6.05. The van der Waals surface area contributed by atoms with Crippen molar-refractivity contribution in [2.75, 3.05) is 0 Å². The van der Waals surface area contributed by atoms with Gasteiger partial charge in [0.1, 0.15) is 11.2 Å². The SMILES string of the molecule is c1ccc(-c2nc(-c3ccc(-n4c5ccccc5c5cc6ccccc6cc54)cc3-c3c4ccccc4cc4oc5ccccc5c34)nc(-c3cccc4c5ccccc5n(-c5ccccc5)c34)n2)cc1. The van der Waals surface area contributed by atoms with E-state index < -0.39 is 0 Å². The van der Waals surface area contributed by atoms with Gasteiger partial charge in [0.05, 0.1) is 22.1 Å². The predicted octanol–water partition coefficient (Wildman–Crippen LogP) is 16.9. The molecule has 15 rings (SSSR count). The van der Waals surface area contributed by atoms with E-state index in [9.17, 15) is 0 Å². The Bertz CT molecular complexity index is 4640. The third-order valence-electron chi connectivity index (χ3n) is 14.3. The van der Waals surface area contributed by atoms with Crippen LogP contribution in [0, 0.1) is 0 Å². The molecule has 0 saturated heterocycles. The number of furan rings is 1. The number of nitrogens with zero attached hydrogens (tertiary/aromatic N) is 5. The Morgan fingerprint density at radius 2 is 0.901 bits per heavy atom. The third-order valence-corrected chi connectivity index (χ3v) is 14.3. The number of aromatic nitrogens is 5. The van der Waals surface area contributed by atoms with Gasteiger partial charge in [-0.05, 0) is 99.9 Å². The lowest BCUT2D eigenvalue weighted by atomic mass is 9.90. The molecule has 0 aliphatic rings. The second kappa shape index (κ2) is 15.4. The molecule has 0 spiro atoms. The minimum atomic E-state index is 0.567. The molecule has 0 bridgehead atoms. The normalized spacial score (nSPS) is 11.9. The van der Waals surface area contributed by atoms with Crippen LogP contribution < -0.4 is 0 Å². The smallest absolute Gasteiger partial charge is 0.166 e. The van der Waals surface area contributed by atoms with Crippen molar-refractivity contribution in [2.45, 2.75) is 0 Å². The monoisotopic (exact) mass is 905 g/mol. The topological polar surface area (TPSA) is 61.7 Å². The van der Waals surface area contributed by atoms with Gasteiger partial charge < -0.3 is 13.6 Å². The van der Waals surface area contributed by atoms with E-state index in [1.54, 1.807) is 0 Å². The van der Waals surface area contributed by atoms with Gasteiger partial charge in [-0.3, -0.25) is 0 Å². The lowest BCUT2D eigenvalue weighted by Gasteiger charge is -2.18. The molecule has 6 heteroatoms. The van der Waals surface area contributed by atoms with Crippen LogP contribution in [0.5, 0.6) is 0 Å². The Morgan fingerprint density at radius 3 is 1.69 bits per heavy atom. The molecule has 4 aromatic heterocycles. The summed E-state index contributed by atoms with van der Waals surface area (Å²) in [6.07, 6.45) is 0. The highest BCUT2D eigenvalue weighted by atomic mass is 16.3. The van der Waals surface area contributed by atoms with Crippen molar-refractivity contribution in [1.29, 1.82) is 0 Å². The van der Waals surface area contributed by atoms with E-state index in [2.05, 4.69) is 221 Å². The summed E-state index contributed by atoms with van der Waals surface area (Å²) in [6.45, 7) is 0. The first-order valence-corrected chi connectivity index (χ1v) is 24.0. The maximum Gasteiger partial charge on any atom is 0.166 e. The van der Waals surface area contributed by atoms with Crippen LogP contribution in [-0.4, -0.2) is 24.1 Å². The summed E-state index contributed by atoms with van der Waals surface area (Å²) < 4.78 is 11.5. The zero-order chi connectivity index (χ0) is 46.6. The van der Waals surface area contributed by atoms with Crippen molar-refractivity contribution in [3.63, 3.8) is 0 Å². The van der Waals surface area contributed by atoms with E-state index in [0.29, 0.717) is 17.5 Å². The predicted molar refractivity (Wildman–Crippen MR) is 293 cm³/mol. The summed E-state index contributed by atoms with van der Waals surface area (Å²) in [5.41, 5.74) is 12.9. The fraction of sp³-hybridized carbons (Fsp3) is 0. The number of fused-ring (bicyclic) bond motifs is 11. The first kappa shape index (κ1) is 39.4. The van der Waals surface area contributed by atoms with Gasteiger partial charge in [0.2, 0.25) is 0 Å². The van der Waals surface area contributed by atoms with Crippen LogP contribution in [-0.2, 0) is 0 Å². The van der Waals surface area contributed by atoms with Crippen molar-refractivity contribution in [3.05, 3.63) is 237 Å². The van der Waals surface area contributed by atoms with Crippen molar-refractivity contribution in [3.8, 4) is 56.7 Å². The summed E-state index contributed by atoms with van der Waals surface area (Å²) in [4.78, 5) is 16.5. The molecule has 0 aliphatic heterocycles. The molecule has 0 saturated carbocycles. The zero-order valence-corrected chi connectivity index (χ0v) is 38.2. The molecule has 330 valence electrons.